The Kier molecular flexibility index (Phi) is 3.83. The first-order valence-corrected chi connectivity index (χ1v) is 9.10. The number of nitrogens with one attached hydrogen (secondary N) is 1. The number of H-pyrrole nitrogens is 1. The van der Waals surface area contributed by atoms with Crippen molar-refractivity contribution in [2.24, 2.45) is 0 Å². The molecule has 2 aromatic heterocycles. The molecule has 0 radical (unpaired) electrons. The van der Waals surface area contributed by atoms with E-state index in [1.807, 2.05) is 32.9 Å². The Bertz CT molecular complexity index is 1070. The lowest BCUT2D eigenvalue weighted by Crippen LogP contribution is -2.51. The molecule has 0 atom stereocenters. The lowest BCUT2D eigenvalue weighted by atomic mass is 10.00. The molecule has 0 aliphatic carbocycles. The van der Waals surface area contributed by atoms with Gasteiger partial charge in [0, 0.05) is 22.9 Å². The Morgan fingerprint density at radius 2 is 2.12 bits per heavy atom. The highest BCUT2D eigenvalue weighted by Crippen LogP contribution is 2.30. The van der Waals surface area contributed by atoms with E-state index in [-0.39, 0.29) is 23.2 Å². The molecule has 0 spiro atoms. The van der Waals surface area contributed by atoms with Gasteiger partial charge in [-0.15, -0.1) is 0 Å². The average Bonchev–Trinajstić information content (AvgIpc) is 2.83. The van der Waals surface area contributed by atoms with Crippen LogP contribution in [0.2, 0.25) is 0 Å². The zero-order valence-electron chi connectivity index (χ0n) is 14.6. The number of halogens is 1. The van der Waals surface area contributed by atoms with Gasteiger partial charge in [-0.25, -0.2) is 9.78 Å². The third-order valence-corrected chi connectivity index (χ3v) is 4.72. The number of fused-ring (bicyclic) bond motifs is 3. The molecule has 4 rings (SSSR count). The molecule has 8 heteroatoms. The molecule has 3 aromatic rings. The van der Waals surface area contributed by atoms with E-state index in [0.29, 0.717) is 30.0 Å². The number of aromatic amines is 1. The van der Waals surface area contributed by atoms with Crippen molar-refractivity contribution in [3.8, 4) is 0 Å². The van der Waals surface area contributed by atoms with Gasteiger partial charge in [-0.2, -0.15) is 0 Å². The highest BCUT2D eigenvalue weighted by molar-refractivity contribution is 9.10. The monoisotopic (exact) mass is 419 g/mol. The first-order valence-electron chi connectivity index (χ1n) is 8.31. The van der Waals surface area contributed by atoms with Gasteiger partial charge in [0.15, 0.2) is 0 Å². The van der Waals surface area contributed by atoms with Crippen LogP contribution in [0, 0.1) is 0 Å². The molecule has 136 valence electrons. The largest absolute Gasteiger partial charge is 0.449 e. The highest BCUT2D eigenvalue weighted by atomic mass is 79.9. The smallest absolute Gasteiger partial charge is 0.410 e. The van der Waals surface area contributed by atoms with Crippen LogP contribution in [-0.2, 0) is 4.74 Å². The van der Waals surface area contributed by atoms with Crippen LogP contribution in [0.4, 0.5) is 4.79 Å². The Morgan fingerprint density at radius 1 is 1.38 bits per heavy atom. The third kappa shape index (κ3) is 2.98. The summed E-state index contributed by atoms with van der Waals surface area (Å²) in [6, 6.07) is 5.53. The third-order valence-electron chi connectivity index (χ3n) is 4.22. The van der Waals surface area contributed by atoms with Crippen LogP contribution >= 0.6 is 15.9 Å². The number of likely N-dealkylation sites (tertiary alicyclic amines) is 1. The number of furan rings is 1. The maximum Gasteiger partial charge on any atom is 0.410 e. The van der Waals surface area contributed by atoms with Gasteiger partial charge in [0.2, 0.25) is 5.58 Å². The van der Waals surface area contributed by atoms with Gasteiger partial charge in [-0.1, -0.05) is 15.9 Å². The standard InChI is InChI=1S/C18H18BrN3O4/c1-18(2,3)26-17(24)22-7-9(8-22)15-20-13-11-6-10(19)4-5-12(11)25-14(13)16(23)21-15/h4-6,9H,7-8H2,1-3H3,(H,20,21,23). The van der Waals surface area contributed by atoms with Gasteiger partial charge in [-0.3, -0.25) is 4.79 Å². The van der Waals surface area contributed by atoms with Crippen molar-refractivity contribution in [1.29, 1.82) is 0 Å². The summed E-state index contributed by atoms with van der Waals surface area (Å²) in [7, 11) is 0. The SMILES string of the molecule is CC(C)(C)OC(=O)N1CC(c2nc3c(oc4ccc(Br)cc43)c(=O)[nH]2)C1. The number of amides is 1. The Balaban J connectivity index is 1.63. The number of carbonyl (C=O) groups excluding carboxylic acids is 1. The maximum absolute atomic E-state index is 12.4. The number of hydrogen-bond donors (Lipinski definition) is 1. The Labute approximate surface area is 157 Å². The number of rotatable bonds is 1. The van der Waals surface area contributed by atoms with E-state index in [1.54, 1.807) is 11.0 Å². The van der Waals surface area contributed by atoms with Crippen LogP contribution in [0.5, 0.6) is 0 Å². The summed E-state index contributed by atoms with van der Waals surface area (Å²) >= 11 is 3.43. The summed E-state index contributed by atoms with van der Waals surface area (Å²) in [5, 5.41) is 0.782. The Morgan fingerprint density at radius 3 is 2.81 bits per heavy atom. The zero-order chi connectivity index (χ0) is 18.6. The maximum atomic E-state index is 12.4. The molecule has 1 aliphatic rings. The number of aromatic nitrogens is 2. The number of hydrogen-bond acceptors (Lipinski definition) is 5. The predicted molar refractivity (Wildman–Crippen MR) is 100 cm³/mol. The molecular weight excluding hydrogens is 402 g/mol. The normalized spacial score (nSPS) is 15.5. The number of benzene rings is 1. The minimum absolute atomic E-state index is 0.0308. The summed E-state index contributed by atoms with van der Waals surface area (Å²) in [6.45, 7) is 6.41. The quantitative estimate of drug-likeness (QED) is 0.648. The minimum atomic E-state index is -0.531. The lowest BCUT2D eigenvalue weighted by Gasteiger charge is -2.39. The predicted octanol–water partition coefficient (Wildman–Crippen LogP) is 3.77. The molecule has 1 aliphatic heterocycles. The average molecular weight is 420 g/mol. The van der Waals surface area contributed by atoms with Crippen molar-refractivity contribution < 1.29 is 13.9 Å². The summed E-state index contributed by atoms with van der Waals surface area (Å²) < 4.78 is 11.9. The van der Waals surface area contributed by atoms with Gasteiger partial charge in [-0.05, 0) is 39.0 Å². The van der Waals surface area contributed by atoms with Crippen LogP contribution in [-0.4, -0.2) is 39.7 Å². The summed E-state index contributed by atoms with van der Waals surface area (Å²) in [6.07, 6.45) is -0.352. The van der Waals surface area contributed by atoms with E-state index in [4.69, 9.17) is 9.15 Å². The fourth-order valence-corrected chi connectivity index (χ4v) is 3.32. The second-order valence-corrected chi connectivity index (χ2v) is 8.37. The lowest BCUT2D eigenvalue weighted by molar-refractivity contribution is 0.00753. The fourth-order valence-electron chi connectivity index (χ4n) is 2.96. The van der Waals surface area contributed by atoms with Crippen LogP contribution in [0.25, 0.3) is 22.1 Å². The molecule has 0 unspecified atom stereocenters. The van der Waals surface area contributed by atoms with Crippen LogP contribution in [0.15, 0.2) is 31.9 Å². The van der Waals surface area contributed by atoms with E-state index in [0.717, 1.165) is 9.86 Å². The first kappa shape index (κ1) is 17.1. The van der Waals surface area contributed by atoms with E-state index >= 15 is 0 Å². The molecule has 1 aromatic carbocycles. The van der Waals surface area contributed by atoms with E-state index in [9.17, 15) is 9.59 Å². The summed E-state index contributed by atoms with van der Waals surface area (Å²) in [5.74, 6) is 0.529. The second kappa shape index (κ2) is 5.84. The van der Waals surface area contributed by atoms with E-state index < -0.39 is 5.60 Å². The van der Waals surface area contributed by atoms with Crippen molar-refractivity contribution in [1.82, 2.24) is 14.9 Å². The topological polar surface area (TPSA) is 88.4 Å². The van der Waals surface area contributed by atoms with Gasteiger partial charge < -0.3 is 19.0 Å². The van der Waals surface area contributed by atoms with Crippen LogP contribution < -0.4 is 5.56 Å². The number of ether oxygens (including phenoxy) is 1. The molecule has 3 heterocycles. The molecule has 1 saturated heterocycles. The van der Waals surface area contributed by atoms with Crippen LogP contribution in [0.1, 0.15) is 32.5 Å². The van der Waals surface area contributed by atoms with E-state index in [2.05, 4.69) is 25.9 Å². The molecule has 1 N–H and O–H groups in total. The molecular formula is C18H18BrN3O4. The fraction of sp³-hybridized carbons (Fsp3) is 0.389. The van der Waals surface area contributed by atoms with E-state index in [1.165, 1.54) is 0 Å². The van der Waals surface area contributed by atoms with Crippen molar-refractivity contribution in [3.63, 3.8) is 0 Å². The molecule has 26 heavy (non-hydrogen) atoms. The first-order chi connectivity index (χ1) is 12.2. The summed E-state index contributed by atoms with van der Waals surface area (Å²) in [5.41, 5.74) is 0.521. The van der Waals surface area contributed by atoms with Crippen molar-refractivity contribution >= 4 is 44.1 Å². The molecule has 1 fully saturated rings. The molecule has 0 saturated carbocycles. The highest BCUT2D eigenvalue weighted by Gasteiger charge is 2.36. The minimum Gasteiger partial charge on any atom is -0.449 e. The van der Waals surface area contributed by atoms with Crippen LogP contribution in [0.3, 0.4) is 0 Å². The van der Waals surface area contributed by atoms with Gasteiger partial charge >= 0.3 is 6.09 Å². The van der Waals surface area contributed by atoms with Crippen molar-refractivity contribution in [3.05, 3.63) is 38.9 Å². The molecule has 0 bridgehead atoms. The van der Waals surface area contributed by atoms with Gasteiger partial charge in [0.25, 0.3) is 5.56 Å². The Hall–Kier alpha value is -2.35. The summed E-state index contributed by atoms with van der Waals surface area (Å²) in [4.78, 5) is 33.4. The molecule has 7 nitrogen and oxygen atoms in total. The van der Waals surface area contributed by atoms with Gasteiger partial charge in [0.05, 0.1) is 5.92 Å². The second-order valence-electron chi connectivity index (χ2n) is 7.45. The van der Waals surface area contributed by atoms with Crippen molar-refractivity contribution in [2.75, 3.05) is 13.1 Å². The van der Waals surface area contributed by atoms with Gasteiger partial charge in [0.1, 0.15) is 22.5 Å². The number of carbonyl (C=O) groups is 1. The molecule has 1 amide bonds. The van der Waals surface area contributed by atoms with Crippen molar-refractivity contribution in [2.45, 2.75) is 32.3 Å². The number of nitrogens with zero attached hydrogens (tertiary/aromatic N) is 2. The zero-order valence-corrected chi connectivity index (χ0v) is 16.2.